The topological polar surface area (TPSA) is 44.4 Å². The lowest BCUT2D eigenvalue weighted by Crippen LogP contribution is -2.25. The smallest absolute Gasteiger partial charge is 0.220 e. The molecule has 0 radical (unpaired) electrons. The molecule has 2 aliphatic rings. The van der Waals surface area contributed by atoms with Crippen molar-refractivity contribution in [2.75, 3.05) is 26.2 Å². The van der Waals surface area contributed by atoms with Gasteiger partial charge in [0.25, 0.3) is 0 Å². The molecule has 2 fully saturated rings. The molecule has 3 rings (SSSR count). The van der Waals surface area contributed by atoms with Crippen LogP contribution in [0.1, 0.15) is 56.1 Å². The van der Waals surface area contributed by atoms with Crippen molar-refractivity contribution in [2.45, 2.75) is 58.0 Å². The molecule has 0 spiro atoms. The van der Waals surface area contributed by atoms with Gasteiger partial charge in [0.05, 0.1) is 0 Å². The third-order valence-electron chi connectivity index (χ3n) is 5.53. The number of nitrogens with one attached hydrogen (secondary N) is 2. The summed E-state index contributed by atoms with van der Waals surface area (Å²) in [5.74, 6) is 0.868. The van der Waals surface area contributed by atoms with Crippen LogP contribution in [0.2, 0.25) is 0 Å². The minimum Gasteiger partial charge on any atom is -0.352 e. The highest BCUT2D eigenvalue weighted by molar-refractivity contribution is 5.85. The number of rotatable bonds is 7. The molecule has 1 amide bonds. The van der Waals surface area contributed by atoms with Gasteiger partial charge < -0.3 is 10.6 Å². The monoisotopic (exact) mass is 415 g/mol. The summed E-state index contributed by atoms with van der Waals surface area (Å²) in [6, 6.07) is 8.71. The van der Waals surface area contributed by atoms with Gasteiger partial charge in [0.2, 0.25) is 5.91 Å². The fourth-order valence-corrected chi connectivity index (χ4v) is 3.98. The highest BCUT2D eigenvalue weighted by Gasteiger charge is 2.15. The van der Waals surface area contributed by atoms with E-state index < -0.39 is 0 Å². The molecule has 2 N–H and O–H groups in total. The molecule has 1 atom stereocenters. The predicted octanol–water partition coefficient (Wildman–Crippen LogP) is 3.91. The van der Waals surface area contributed by atoms with Crippen molar-refractivity contribution in [3.05, 3.63) is 35.4 Å². The van der Waals surface area contributed by atoms with Gasteiger partial charge in [-0.05, 0) is 68.9 Å². The number of hydrogen-bond acceptors (Lipinski definition) is 3. The third-order valence-corrected chi connectivity index (χ3v) is 5.53. The van der Waals surface area contributed by atoms with Crippen LogP contribution in [0.4, 0.5) is 0 Å². The van der Waals surface area contributed by atoms with Crippen molar-refractivity contribution in [1.29, 1.82) is 0 Å². The third kappa shape index (κ3) is 8.82. The highest BCUT2D eigenvalue weighted by atomic mass is 35.5. The van der Waals surface area contributed by atoms with Crippen molar-refractivity contribution < 1.29 is 4.79 Å². The van der Waals surface area contributed by atoms with E-state index in [2.05, 4.69) is 39.8 Å². The zero-order valence-corrected chi connectivity index (χ0v) is 17.9. The summed E-state index contributed by atoms with van der Waals surface area (Å²) in [6.45, 7) is 6.31. The summed E-state index contributed by atoms with van der Waals surface area (Å²) in [5.41, 5.74) is 2.58. The first kappa shape index (κ1) is 24.2. The van der Waals surface area contributed by atoms with Gasteiger partial charge in [-0.2, -0.15) is 0 Å². The van der Waals surface area contributed by atoms with Crippen LogP contribution in [0.5, 0.6) is 0 Å². The Kier molecular flexibility index (Phi) is 12.0. The van der Waals surface area contributed by atoms with Crippen molar-refractivity contribution in [1.82, 2.24) is 15.5 Å². The Balaban J connectivity index is 0.00000182. The zero-order chi connectivity index (χ0) is 17.3. The van der Waals surface area contributed by atoms with Crippen molar-refractivity contribution >= 4 is 30.7 Å². The molecule has 27 heavy (non-hydrogen) atoms. The first-order valence-corrected chi connectivity index (χ1v) is 10.1. The molecule has 0 aromatic heterocycles. The quantitative estimate of drug-likeness (QED) is 0.709. The van der Waals surface area contributed by atoms with E-state index in [0.29, 0.717) is 18.9 Å². The van der Waals surface area contributed by atoms with E-state index >= 15 is 0 Å². The van der Waals surface area contributed by atoms with Gasteiger partial charge in [-0.25, -0.2) is 0 Å². The number of amides is 1. The maximum absolute atomic E-state index is 12.1. The molecule has 0 saturated carbocycles. The van der Waals surface area contributed by atoms with Crippen LogP contribution in [0, 0.1) is 5.92 Å². The van der Waals surface area contributed by atoms with E-state index in [1.54, 1.807) is 0 Å². The Morgan fingerprint density at radius 1 is 1.11 bits per heavy atom. The summed E-state index contributed by atoms with van der Waals surface area (Å²) in [6.07, 6.45) is 8.27. The van der Waals surface area contributed by atoms with Crippen molar-refractivity contribution in [3.8, 4) is 0 Å². The van der Waals surface area contributed by atoms with Gasteiger partial charge >= 0.3 is 0 Å². The predicted molar refractivity (Wildman–Crippen MR) is 117 cm³/mol. The first-order chi connectivity index (χ1) is 12.3. The number of benzene rings is 1. The normalized spacial score (nSPS) is 20.2. The summed E-state index contributed by atoms with van der Waals surface area (Å²) < 4.78 is 0. The summed E-state index contributed by atoms with van der Waals surface area (Å²) in [5, 5.41) is 6.45. The molecule has 0 bridgehead atoms. The number of hydrogen-bond donors (Lipinski definition) is 2. The van der Waals surface area contributed by atoms with E-state index in [-0.39, 0.29) is 30.7 Å². The van der Waals surface area contributed by atoms with Gasteiger partial charge in [-0.1, -0.05) is 37.1 Å². The van der Waals surface area contributed by atoms with Gasteiger partial charge in [-0.15, -0.1) is 24.8 Å². The highest BCUT2D eigenvalue weighted by Crippen LogP contribution is 2.15. The summed E-state index contributed by atoms with van der Waals surface area (Å²) in [7, 11) is 0. The maximum Gasteiger partial charge on any atom is 0.220 e. The fourth-order valence-electron chi connectivity index (χ4n) is 3.98. The zero-order valence-electron chi connectivity index (χ0n) is 16.3. The van der Waals surface area contributed by atoms with E-state index in [1.165, 1.54) is 56.3 Å². The standard InChI is InChI=1S/C21H33N3O.2ClH/c25-21(9-8-18-10-11-22-15-18)23-16-19-6-5-7-20(14-19)17-24-12-3-1-2-4-13-24;;/h5-7,14,18,22H,1-4,8-13,15-17H2,(H,23,25);2*1H. The van der Waals surface area contributed by atoms with Gasteiger partial charge in [0.1, 0.15) is 0 Å². The van der Waals surface area contributed by atoms with Crippen molar-refractivity contribution in [2.24, 2.45) is 5.92 Å². The Bertz CT molecular complexity index is 542. The molecule has 154 valence electrons. The SMILES string of the molecule is Cl.Cl.O=C(CCC1CCNC1)NCc1cccc(CN2CCCCCC2)c1. The molecule has 1 unspecified atom stereocenters. The second kappa shape index (κ2) is 13.4. The molecule has 4 nitrogen and oxygen atoms in total. The molecular weight excluding hydrogens is 381 g/mol. The van der Waals surface area contributed by atoms with Crippen LogP contribution < -0.4 is 10.6 Å². The fraction of sp³-hybridized carbons (Fsp3) is 0.667. The lowest BCUT2D eigenvalue weighted by molar-refractivity contribution is -0.121. The number of carbonyl (C=O) groups excluding carboxylic acids is 1. The van der Waals surface area contributed by atoms with Gasteiger partial charge in [-0.3, -0.25) is 9.69 Å². The Hall–Kier alpha value is -0.810. The van der Waals surface area contributed by atoms with Crippen LogP contribution in [0.25, 0.3) is 0 Å². The minimum atomic E-state index is 0. The summed E-state index contributed by atoms with van der Waals surface area (Å²) >= 11 is 0. The second-order valence-corrected chi connectivity index (χ2v) is 7.68. The van der Waals surface area contributed by atoms with E-state index in [4.69, 9.17) is 0 Å². The Labute approximate surface area is 176 Å². The van der Waals surface area contributed by atoms with E-state index in [0.717, 1.165) is 26.1 Å². The molecule has 0 aliphatic carbocycles. The van der Waals surface area contributed by atoms with Crippen LogP contribution >= 0.6 is 24.8 Å². The van der Waals surface area contributed by atoms with E-state index in [1.807, 2.05) is 0 Å². The molecular formula is C21H35Cl2N3O. The minimum absolute atomic E-state index is 0. The average molecular weight is 416 g/mol. The Morgan fingerprint density at radius 2 is 1.85 bits per heavy atom. The Morgan fingerprint density at radius 3 is 2.56 bits per heavy atom. The number of carbonyl (C=O) groups is 1. The number of halogens is 2. The van der Waals surface area contributed by atoms with Crippen LogP contribution in [-0.2, 0) is 17.9 Å². The number of likely N-dealkylation sites (tertiary alicyclic amines) is 1. The lowest BCUT2D eigenvalue weighted by Gasteiger charge is -2.20. The molecule has 1 aromatic carbocycles. The van der Waals surface area contributed by atoms with Gasteiger partial charge in [0.15, 0.2) is 0 Å². The molecule has 2 aliphatic heterocycles. The maximum atomic E-state index is 12.1. The molecule has 6 heteroatoms. The molecule has 1 aromatic rings. The van der Waals surface area contributed by atoms with Crippen molar-refractivity contribution in [3.63, 3.8) is 0 Å². The lowest BCUT2D eigenvalue weighted by atomic mass is 10.0. The van der Waals surface area contributed by atoms with Crippen LogP contribution in [-0.4, -0.2) is 37.0 Å². The first-order valence-electron chi connectivity index (χ1n) is 10.1. The largest absolute Gasteiger partial charge is 0.352 e. The van der Waals surface area contributed by atoms with E-state index in [9.17, 15) is 4.79 Å². The average Bonchev–Trinajstić information content (AvgIpc) is 3.02. The van der Waals surface area contributed by atoms with Gasteiger partial charge in [0, 0.05) is 19.5 Å². The molecule has 2 saturated heterocycles. The summed E-state index contributed by atoms with van der Waals surface area (Å²) in [4.78, 5) is 14.6. The van der Waals surface area contributed by atoms with Crippen LogP contribution in [0.3, 0.4) is 0 Å². The second-order valence-electron chi connectivity index (χ2n) is 7.68. The molecule has 2 heterocycles. The van der Waals surface area contributed by atoms with Crippen LogP contribution in [0.15, 0.2) is 24.3 Å². The number of nitrogens with zero attached hydrogens (tertiary/aromatic N) is 1.